The van der Waals surface area contributed by atoms with Crippen LogP contribution in [0.4, 0.5) is 13.9 Å². The molecule has 1 aromatic heterocycles. The molecule has 2 aromatic carbocycles. The molecule has 10 heteroatoms. The molecule has 1 N–H and O–H groups in total. The first kappa shape index (κ1) is 22.3. The van der Waals surface area contributed by atoms with Crippen LogP contribution in [0.25, 0.3) is 0 Å². The Hall–Kier alpha value is -3.86. The summed E-state index contributed by atoms with van der Waals surface area (Å²) < 4.78 is 29.7. The average Bonchev–Trinajstić information content (AvgIpc) is 3.31. The smallest absolute Gasteiger partial charge is 0.387 e. The minimum atomic E-state index is -3.00. The predicted molar refractivity (Wildman–Crippen MR) is 116 cm³/mol. The van der Waals surface area contributed by atoms with Crippen molar-refractivity contribution in [3.63, 3.8) is 0 Å². The summed E-state index contributed by atoms with van der Waals surface area (Å²) in [5.41, 5.74) is 3.02. The van der Waals surface area contributed by atoms with Gasteiger partial charge in [-0.15, -0.1) is 11.3 Å². The van der Waals surface area contributed by atoms with E-state index in [4.69, 9.17) is 10.5 Å². The number of hydrogen-bond acceptors (Lipinski definition) is 7. The minimum Gasteiger partial charge on any atom is -0.433 e. The predicted octanol–water partition coefficient (Wildman–Crippen LogP) is 4.18. The van der Waals surface area contributed by atoms with Gasteiger partial charge in [0.1, 0.15) is 11.8 Å². The number of nitrogens with one attached hydrogen (secondary N) is 1. The van der Waals surface area contributed by atoms with Crippen molar-refractivity contribution >= 4 is 22.4 Å². The number of aromatic nitrogens is 1. The molecule has 0 unspecified atom stereocenters. The lowest BCUT2D eigenvalue weighted by Gasteiger charge is -2.16. The van der Waals surface area contributed by atoms with Crippen LogP contribution in [-0.4, -0.2) is 22.4 Å². The Balaban J connectivity index is 1.34. The number of hydrogen-bond donors (Lipinski definition) is 1. The van der Waals surface area contributed by atoms with E-state index in [0.717, 1.165) is 21.7 Å². The zero-order valence-corrected chi connectivity index (χ0v) is 18.0. The fourth-order valence-electron chi connectivity index (χ4n) is 3.52. The number of carbonyl (C=O) groups excluding carboxylic acids is 1. The Morgan fingerprint density at radius 3 is 2.58 bits per heavy atom. The zero-order valence-electron chi connectivity index (χ0n) is 17.2. The molecule has 2 heterocycles. The highest BCUT2D eigenvalue weighted by Crippen LogP contribution is 2.32. The van der Waals surface area contributed by atoms with Crippen LogP contribution in [0.3, 0.4) is 0 Å². The summed E-state index contributed by atoms with van der Waals surface area (Å²) in [6.45, 7) is -1.35. The number of rotatable bonds is 7. The van der Waals surface area contributed by atoms with Crippen LogP contribution in [0, 0.1) is 22.7 Å². The summed E-state index contributed by atoms with van der Waals surface area (Å²) in [6, 6.07) is 15.4. The first-order valence-electron chi connectivity index (χ1n) is 9.91. The summed E-state index contributed by atoms with van der Waals surface area (Å²) in [7, 11) is 0. The van der Waals surface area contributed by atoms with E-state index in [9.17, 15) is 13.6 Å². The normalized spacial score (nSPS) is 12.8. The van der Waals surface area contributed by atoms with Crippen LogP contribution >= 0.6 is 11.3 Å². The van der Waals surface area contributed by atoms with E-state index in [0.29, 0.717) is 30.3 Å². The third-order valence-corrected chi connectivity index (χ3v) is 6.00. The summed E-state index contributed by atoms with van der Waals surface area (Å²) in [5, 5.41) is 21.2. The first-order valence-corrected chi connectivity index (χ1v) is 10.7. The van der Waals surface area contributed by atoms with E-state index in [1.807, 2.05) is 12.1 Å². The van der Waals surface area contributed by atoms with E-state index in [2.05, 4.69) is 19.9 Å². The van der Waals surface area contributed by atoms with Crippen LogP contribution in [0.5, 0.6) is 5.75 Å². The van der Waals surface area contributed by atoms with Gasteiger partial charge in [0, 0.05) is 24.5 Å². The van der Waals surface area contributed by atoms with Crippen molar-refractivity contribution in [3.05, 3.63) is 75.3 Å². The maximum Gasteiger partial charge on any atom is 0.387 e. The van der Waals surface area contributed by atoms with E-state index in [-0.39, 0.29) is 23.6 Å². The van der Waals surface area contributed by atoms with Crippen LogP contribution in [0.15, 0.2) is 42.5 Å². The van der Waals surface area contributed by atoms with Gasteiger partial charge in [-0.05, 0) is 35.4 Å². The van der Waals surface area contributed by atoms with Crippen molar-refractivity contribution in [2.24, 2.45) is 0 Å². The Labute approximate surface area is 192 Å². The Morgan fingerprint density at radius 2 is 1.91 bits per heavy atom. The third-order valence-electron chi connectivity index (χ3n) is 5.00. The molecule has 0 fully saturated rings. The standard InChI is InChI=1S/C23H17F2N5O2S/c24-22(25)32-19-7-16(5-6-17(19)10-27)11-30-12-18-20(13-30)33-23(28-18)29-21(31)8-14-1-3-15(9-26)4-2-14/h1-7,22H,8,11-13H2,(H,28,29,31). The van der Waals surface area contributed by atoms with Crippen molar-refractivity contribution in [2.45, 2.75) is 32.7 Å². The van der Waals surface area contributed by atoms with Crippen molar-refractivity contribution in [2.75, 3.05) is 5.32 Å². The molecule has 3 aromatic rings. The number of anilines is 1. The van der Waals surface area contributed by atoms with Gasteiger partial charge in [0.2, 0.25) is 5.91 Å². The number of nitriles is 2. The molecule has 0 bridgehead atoms. The number of fused-ring (bicyclic) bond motifs is 1. The van der Waals surface area contributed by atoms with Crippen LogP contribution in [0.1, 0.15) is 32.8 Å². The SMILES string of the molecule is N#Cc1ccc(CC(=O)Nc2nc3c(s2)CN(Cc2ccc(C#N)c(OC(F)F)c2)C3)cc1. The van der Waals surface area contributed by atoms with Gasteiger partial charge >= 0.3 is 6.61 Å². The lowest BCUT2D eigenvalue weighted by molar-refractivity contribution is -0.115. The largest absolute Gasteiger partial charge is 0.433 e. The highest BCUT2D eigenvalue weighted by atomic mass is 32.1. The zero-order chi connectivity index (χ0) is 23.4. The summed E-state index contributed by atoms with van der Waals surface area (Å²) >= 11 is 1.40. The van der Waals surface area contributed by atoms with Gasteiger partial charge in [-0.1, -0.05) is 18.2 Å². The molecular weight excluding hydrogens is 448 g/mol. The number of thiazole rings is 1. The Kier molecular flexibility index (Phi) is 6.59. The number of alkyl halides is 2. The van der Waals surface area contributed by atoms with Gasteiger partial charge in [-0.25, -0.2) is 4.98 Å². The summed E-state index contributed by atoms with van der Waals surface area (Å²) in [6.07, 6.45) is 0.184. The van der Waals surface area contributed by atoms with Gasteiger partial charge in [0.15, 0.2) is 5.13 Å². The number of amides is 1. The molecule has 0 radical (unpaired) electrons. The number of nitrogens with zero attached hydrogens (tertiary/aromatic N) is 4. The second kappa shape index (κ2) is 9.74. The third kappa shape index (κ3) is 5.50. The molecule has 33 heavy (non-hydrogen) atoms. The van der Waals surface area contributed by atoms with Gasteiger partial charge in [0.05, 0.1) is 29.3 Å². The van der Waals surface area contributed by atoms with Crippen LogP contribution in [-0.2, 0) is 30.8 Å². The van der Waals surface area contributed by atoms with Crippen LogP contribution in [0.2, 0.25) is 0 Å². The maximum atomic E-state index is 12.6. The molecule has 4 rings (SSSR count). The molecule has 1 aliphatic heterocycles. The molecule has 0 saturated heterocycles. The maximum absolute atomic E-state index is 12.6. The second-order valence-electron chi connectivity index (χ2n) is 7.39. The number of ether oxygens (including phenoxy) is 1. The molecule has 0 atom stereocenters. The molecular formula is C23H17F2N5O2S. The fourth-order valence-corrected chi connectivity index (χ4v) is 4.55. The number of benzene rings is 2. The van der Waals surface area contributed by atoms with Crippen LogP contribution < -0.4 is 10.1 Å². The van der Waals surface area contributed by atoms with E-state index in [1.165, 1.54) is 23.5 Å². The van der Waals surface area contributed by atoms with Crippen molar-refractivity contribution in [1.29, 1.82) is 10.5 Å². The van der Waals surface area contributed by atoms with Crippen molar-refractivity contribution in [1.82, 2.24) is 9.88 Å². The van der Waals surface area contributed by atoms with E-state index < -0.39 is 6.61 Å². The lowest BCUT2D eigenvalue weighted by atomic mass is 10.1. The molecule has 0 saturated carbocycles. The fraction of sp³-hybridized carbons (Fsp3) is 0.217. The van der Waals surface area contributed by atoms with Crippen molar-refractivity contribution < 1.29 is 18.3 Å². The highest BCUT2D eigenvalue weighted by Gasteiger charge is 2.24. The topological polar surface area (TPSA) is 102 Å². The molecule has 0 aliphatic carbocycles. The summed E-state index contributed by atoms with van der Waals surface area (Å²) in [4.78, 5) is 19.9. The highest BCUT2D eigenvalue weighted by molar-refractivity contribution is 7.15. The summed E-state index contributed by atoms with van der Waals surface area (Å²) in [5.74, 6) is -0.322. The molecule has 7 nitrogen and oxygen atoms in total. The average molecular weight is 465 g/mol. The molecule has 1 amide bonds. The quantitative estimate of drug-likeness (QED) is 0.562. The van der Waals surface area contributed by atoms with E-state index in [1.54, 1.807) is 30.3 Å². The molecule has 166 valence electrons. The van der Waals surface area contributed by atoms with Crippen molar-refractivity contribution in [3.8, 4) is 17.9 Å². The van der Waals surface area contributed by atoms with Gasteiger partial charge in [0.25, 0.3) is 0 Å². The monoisotopic (exact) mass is 465 g/mol. The Morgan fingerprint density at radius 1 is 1.15 bits per heavy atom. The lowest BCUT2D eigenvalue weighted by Crippen LogP contribution is -2.17. The van der Waals surface area contributed by atoms with Gasteiger partial charge < -0.3 is 10.1 Å². The van der Waals surface area contributed by atoms with Gasteiger partial charge in [-0.2, -0.15) is 19.3 Å². The Bertz CT molecular complexity index is 1240. The molecule has 0 spiro atoms. The molecule has 1 aliphatic rings. The van der Waals surface area contributed by atoms with E-state index >= 15 is 0 Å². The number of halogens is 2. The first-order chi connectivity index (χ1) is 15.9. The second-order valence-corrected chi connectivity index (χ2v) is 8.47. The minimum absolute atomic E-state index is 0.0580. The van der Waals surface area contributed by atoms with Gasteiger partial charge in [-0.3, -0.25) is 9.69 Å². The number of carbonyl (C=O) groups is 1.